The monoisotopic (exact) mass is 253 g/mol. The van der Waals surface area contributed by atoms with Crippen molar-refractivity contribution >= 4 is 23.2 Å². The zero-order valence-electron chi connectivity index (χ0n) is 9.39. The van der Waals surface area contributed by atoms with Gasteiger partial charge in [-0.1, -0.05) is 6.07 Å². The first-order chi connectivity index (χ1) is 8.16. The van der Waals surface area contributed by atoms with Crippen molar-refractivity contribution in [2.45, 2.75) is 31.7 Å². The van der Waals surface area contributed by atoms with Gasteiger partial charge in [0, 0.05) is 11.3 Å². The standard InChI is InChI=1S/C12H15NO3S/c14-10(6-5-9-2-1-7-17-9)13-11(12(15)16)8-3-4-8/h1-2,7-8,11H,3-6H2,(H,13,14)(H,15,16). The summed E-state index contributed by atoms with van der Waals surface area (Å²) in [4.78, 5) is 23.7. The Morgan fingerprint density at radius 3 is 2.82 bits per heavy atom. The van der Waals surface area contributed by atoms with E-state index in [2.05, 4.69) is 5.32 Å². The Balaban J connectivity index is 1.77. The van der Waals surface area contributed by atoms with E-state index in [1.54, 1.807) is 11.3 Å². The Morgan fingerprint density at radius 2 is 2.29 bits per heavy atom. The molecule has 0 radical (unpaired) electrons. The molecule has 1 aromatic rings. The van der Waals surface area contributed by atoms with Crippen LogP contribution < -0.4 is 5.32 Å². The molecule has 0 aliphatic heterocycles. The average molecular weight is 253 g/mol. The van der Waals surface area contributed by atoms with Gasteiger partial charge in [0.15, 0.2) is 0 Å². The molecular weight excluding hydrogens is 238 g/mol. The number of aryl methyl sites for hydroxylation is 1. The van der Waals surface area contributed by atoms with Gasteiger partial charge in [-0.3, -0.25) is 4.79 Å². The summed E-state index contributed by atoms with van der Waals surface area (Å²) < 4.78 is 0. The summed E-state index contributed by atoms with van der Waals surface area (Å²) >= 11 is 1.61. The summed E-state index contributed by atoms with van der Waals surface area (Å²) in [6, 6.07) is 3.24. The quantitative estimate of drug-likeness (QED) is 0.810. The number of nitrogens with one attached hydrogen (secondary N) is 1. The molecule has 1 unspecified atom stereocenters. The summed E-state index contributed by atoms with van der Waals surface area (Å²) in [5, 5.41) is 13.5. The number of amides is 1. The van der Waals surface area contributed by atoms with Gasteiger partial charge in [0.25, 0.3) is 0 Å². The maximum Gasteiger partial charge on any atom is 0.326 e. The van der Waals surface area contributed by atoms with Crippen molar-refractivity contribution in [2.24, 2.45) is 5.92 Å². The first-order valence-electron chi connectivity index (χ1n) is 5.71. The van der Waals surface area contributed by atoms with Crippen molar-refractivity contribution < 1.29 is 14.7 Å². The number of thiophene rings is 1. The van der Waals surface area contributed by atoms with Crippen molar-refractivity contribution in [2.75, 3.05) is 0 Å². The minimum atomic E-state index is -0.919. The fourth-order valence-corrected chi connectivity index (χ4v) is 2.46. The molecule has 1 aliphatic rings. The molecule has 1 saturated carbocycles. The molecule has 17 heavy (non-hydrogen) atoms. The highest BCUT2D eigenvalue weighted by Crippen LogP contribution is 2.32. The number of carboxylic acid groups (broad SMARTS) is 1. The highest BCUT2D eigenvalue weighted by atomic mass is 32.1. The molecule has 0 spiro atoms. The lowest BCUT2D eigenvalue weighted by Crippen LogP contribution is -2.42. The van der Waals surface area contributed by atoms with Crippen molar-refractivity contribution in [3.63, 3.8) is 0 Å². The van der Waals surface area contributed by atoms with Gasteiger partial charge in [0.1, 0.15) is 6.04 Å². The third-order valence-electron chi connectivity index (χ3n) is 2.85. The fourth-order valence-electron chi connectivity index (χ4n) is 1.75. The maximum atomic E-state index is 11.6. The second kappa shape index (κ2) is 5.31. The molecule has 92 valence electrons. The number of hydrogen-bond donors (Lipinski definition) is 2. The van der Waals surface area contributed by atoms with Crippen molar-refractivity contribution in [3.05, 3.63) is 22.4 Å². The van der Waals surface area contributed by atoms with E-state index >= 15 is 0 Å². The van der Waals surface area contributed by atoms with Gasteiger partial charge in [-0.05, 0) is 36.6 Å². The number of carboxylic acids is 1. The molecule has 1 aliphatic carbocycles. The lowest BCUT2D eigenvalue weighted by molar-refractivity contribution is -0.142. The van der Waals surface area contributed by atoms with Crippen LogP contribution in [0.3, 0.4) is 0 Å². The minimum Gasteiger partial charge on any atom is -0.480 e. The molecule has 1 amide bonds. The van der Waals surface area contributed by atoms with Crippen LogP contribution in [0.1, 0.15) is 24.1 Å². The molecule has 4 nitrogen and oxygen atoms in total. The third kappa shape index (κ3) is 3.56. The van der Waals surface area contributed by atoms with Gasteiger partial charge in [-0.25, -0.2) is 4.79 Å². The maximum absolute atomic E-state index is 11.6. The van der Waals surface area contributed by atoms with E-state index < -0.39 is 12.0 Å². The fraction of sp³-hybridized carbons (Fsp3) is 0.500. The molecule has 1 fully saturated rings. The van der Waals surface area contributed by atoms with Crippen LogP contribution in [0.5, 0.6) is 0 Å². The molecular formula is C12H15NO3S. The Kier molecular flexibility index (Phi) is 3.78. The molecule has 1 atom stereocenters. The predicted molar refractivity (Wildman–Crippen MR) is 64.9 cm³/mol. The molecule has 0 aromatic carbocycles. The zero-order chi connectivity index (χ0) is 12.3. The van der Waals surface area contributed by atoms with Gasteiger partial charge in [-0.15, -0.1) is 11.3 Å². The summed E-state index contributed by atoms with van der Waals surface area (Å²) in [6.07, 6.45) is 2.85. The second-order valence-corrected chi connectivity index (χ2v) is 5.33. The predicted octanol–water partition coefficient (Wildman–Crippen LogP) is 1.66. The van der Waals surface area contributed by atoms with E-state index in [9.17, 15) is 9.59 Å². The number of carbonyl (C=O) groups excluding carboxylic acids is 1. The van der Waals surface area contributed by atoms with Crippen molar-refractivity contribution in [1.29, 1.82) is 0 Å². The van der Waals surface area contributed by atoms with Crippen LogP contribution in [-0.4, -0.2) is 23.0 Å². The van der Waals surface area contributed by atoms with Gasteiger partial charge in [0.05, 0.1) is 0 Å². The average Bonchev–Trinajstić information content (AvgIpc) is 2.99. The summed E-state index contributed by atoms with van der Waals surface area (Å²) in [5.41, 5.74) is 0. The van der Waals surface area contributed by atoms with Crippen molar-refractivity contribution in [3.8, 4) is 0 Å². The normalized spacial score (nSPS) is 16.5. The van der Waals surface area contributed by atoms with Gasteiger partial charge in [-0.2, -0.15) is 0 Å². The molecule has 1 heterocycles. The van der Waals surface area contributed by atoms with Crippen LogP contribution in [-0.2, 0) is 16.0 Å². The SMILES string of the molecule is O=C(CCc1cccs1)NC(C(=O)O)C1CC1. The first-order valence-corrected chi connectivity index (χ1v) is 6.59. The third-order valence-corrected chi connectivity index (χ3v) is 3.79. The molecule has 1 aromatic heterocycles. The zero-order valence-corrected chi connectivity index (χ0v) is 10.2. The number of carbonyl (C=O) groups is 2. The lowest BCUT2D eigenvalue weighted by atomic mass is 10.1. The lowest BCUT2D eigenvalue weighted by Gasteiger charge is -2.13. The summed E-state index contributed by atoms with van der Waals surface area (Å²) in [6.45, 7) is 0. The van der Waals surface area contributed by atoms with Crippen LogP contribution >= 0.6 is 11.3 Å². The largest absolute Gasteiger partial charge is 0.480 e. The second-order valence-electron chi connectivity index (χ2n) is 4.30. The summed E-state index contributed by atoms with van der Waals surface area (Å²) in [7, 11) is 0. The summed E-state index contributed by atoms with van der Waals surface area (Å²) in [5.74, 6) is -0.951. The molecule has 2 N–H and O–H groups in total. The Morgan fingerprint density at radius 1 is 1.53 bits per heavy atom. The smallest absolute Gasteiger partial charge is 0.326 e. The van der Waals surface area contributed by atoms with E-state index in [0.29, 0.717) is 12.8 Å². The van der Waals surface area contributed by atoms with Crippen LogP contribution in [0.25, 0.3) is 0 Å². The Hall–Kier alpha value is -1.36. The van der Waals surface area contributed by atoms with Crippen LogP contribution in [0, 0.1) is 5.92 Å². The highest BCUT2D eigenvalue weighted by molar-refractivity contribution is 7.09. The molecule has 0 saturated heterocycles. The Bertz CT molecular complexity index is 398. The molecule has 2 rings (SSSR count). The van der Waals surface area contributed by atoms with E-state index in [-0.39, 0.29) is 11.8 Å². The molecule has 0 bridgehead atoms. The highest BCUT2D eigenvalue weighted by Gasteiger charge is 2.37. The van der Waals surface area contributed by atoms with E-state index in [1.807, 2.05) is 17.5 Å². The van der Waals surface area contributed by atoms with Gasteiger partial charge >= 0.3 is 5.97 Å². The van der Waals surface area contributed by atoms with Crippen LogP contribution in [0.2, 0.25) is 0 Å². The first kappa shape index (κ1) is 12.1. The van der Waals surface area contributed by atoms with E-state index in [0.717, 1.165) is 17.7 Å². The van der Waals surface area contributed by atoms with E-state index in [4.69, 9.17) is 5.11 Å². The Labute approximate surface area is 104 Å². The topological polar surface area (TPSA) is 66.4 Å². The molecule has 5 heteroatoms. The minimum absolute atomic E-state index is 0.137. The number of aliphatic carboxylic acids is 1. The van der Waals surface area contributed by atoms with Crippen LogP contribution in [0.4, 0.5) is 0 Å². The number of hydrogen-bond acceptors (Lipinski definition) is 3. The van der Waals surface area contributed by atoms with Gasteiger partial charge < -0.3 is 10.4 Å². The van der Waals surface area contributed by atoms with E-state index in [1.165, 1.54) is 0 Å². The number of rotatable bonds is 6. The van der Waals surface area contributed by atoms with Crippen LogP contribution in [0.15, 0.2) is 17.5 Å². The van der Waals surface area contributed by atoms with Gasteiger partial charge in [0.2, 0.25) is 5.91 Å². The van der Waals surface area contributed by atoms with Crippen molar-refractivity contribution in [1.82, 2.24) is 5.32 Å².